The number of benzene rings is 3. The topological polar surface area (TPSA) is 119 Å². The summed E-state index contributed by atoms with van der Waals surface area (Å²) < 4.78 is 37.2. The molecule has 0 heterocycles. The number of nitrogens with zero attached hydrogens (tertiary/aromatic N) is 1. The molecule has 0 bridgehead atoms. The number of rotatable bonds is 8. The molecule has 1 N–H and O–H groups in total. The van der Waals surface area contributed by atoms with E-state index in [2.05, 4.69) is 10.1 Å². The number of hydrogen-bond donors (Lipinski definition) is 1. The van der Waals surface area contributed by atoms with Crippen LogP contribution >= 0.6 is 23.2 Å². The number of anilines is 2. The summed E-state index contributed by atoms with van der Waals surface area (Å²) in [5.74, 6) is -2.33. The lowest BCUT2D eigenvalue weighted by molar-refractivity contribution is -0.114. The van der Waals surface area contributed by atoms with E-state index in [1.807, 2.05) is 0 Å². The molecule has 0 aliphatic heterocycles. The smallest absolute Gasteiger partial charge is 0.339 e. The summed E-state index contributed by atoms with van der Waals surface area (Å²) in [5, 5.41) is 2.71. The molecule has 3 rings (SSSR count). The molecule has 188 valence electrons. The van der Waals surface area contributed by atoms with Crippen molar-refractivity contribution in [2.75, 3.05) is 30.4 Å². The van der Waals surface area contributed by atoms with E-state index in [0.717, 1.165) is 11.4 Å². The molecular formula is C24H20Cl2N2O7S. The molecule has 0 aliphatic rings. The zero-order chi connectivity index (χ0) is 26.5. The molecule has 1 amide bonds. The number of methoxy groups -OCH3 is 2. The lowest BCUT2D eigenvalue weighted by Crippen LogP contribution is -2.38. The number of halogens is 2. The van der Waals surface area contributed by atoms with Gasteiger partial charge < -0.3 is 14.8 Å². The first-order valence-electron chi connectivity index (χ1n) is 10.2. The van der Waals surface area contributed by atoms with Gasteiger partial charge in [-0.25, -0.2) is 18.0 Å². The van der Waals surface area contributed by atoms with Crippen LogP contribution in [-0.4, -0.2) is 47.0 Å². The maximum absolute atomic E-state index is 13.5. The second kappa shape index (κ2) is 11.4. The molecule has 0 spiro atoms. The molecule has 0 aliphatic carbocycles. The van der Waals surface area contributed by atoms with Crippen LogP contribution in [-0.2, 0) is 24.3 Å². The van der Waals surface area contributed by atoms with Gasteiger partial charge in [0.2, 0.25) is 5.91 Å². The molecule has 0 atom stereocenters. The van der Waals surface area contributed by atoms with Crippen molar-refractivity contribution >= 4 is 62.4 Å². The van der Waals surface area contributed by atoms with Crippen LogP contribution in [0.15, 0.2) is 71.6 Å². The number of carbonyl (C=O) groups is 3. The van der Waals surface area contributed by atoms with Crippen molar-refractivity contribution < 1.29 is 32.3 Å². The fourth-order valence-electron chi connectivity index (χ4n) is 3.20. The van der Waals surface area contributed by atoms with E-state index < -0.39 is 34.4 Å². The Morgan fingerprint density at radius 2 is 1.56 bits per heavy atom. The highest BCUT2D eigenvalue weighted by molar-refractivity contribution is 7.92. The average Bonchev–Trinajstić information content (AvgIpc) is 2.88. The largest absolute Gasteiger partial charge is 0.465 e. The van der Waals surface area contributed by atoms with Gasteiger partial charge in [0.25, 0.3) is 10.0 Å². The van der Waals surface area contributed by atoms with Crippen LogP contribution in [0, 0.1) is 0 Å². The summed E-state index contributed by atoms with van der Waals surface area (Å²) in [4.78, 5) is 37.2. The maximum Gasteiger partial charge on any atom is 0.339 e. The number of ether oxygens (including phenoxy) is 2. The number of sulfonamides is 1. The quantitative estimate of drug-likeness (QED) is 0.412. The summed E-state index contributed by atoms with van der Waals surface area (Å²) in [6, 6.07) is 15.5. The molecule has 9 nitrogen and oxygen atoms in total. The van der Waals surface area contributed by atoms with Gasteiger partial charge in [0, 0.05) is 5.02 Å². The lowest BCUT2D eigenvalue weighted by Gasteiger charge is -2.25. The minimum Gasteiger partial charge on any atom is -0.465 e. The van der Waals surface area contributed by atoms with Gasteiger partial charge in [-0.2, -0.15) is 0 Å². The molecule has 3 aromatic rings. The highest BCUT2D eigenvalue weighted by Crippen LogP contribution is 2.33. The second-order valence-corrected chi connectivity index (χ2v) is 9.92. The summed E-state index contributed by atoms with van der Waals surface area (Å²) in [5.41, 5.74) is -0.118. The van der Waals surface area contributed by atoms with E-state index in [0.29, 0.717) is 0 Å². The van der Waals surface area contributed by atoms with E-state index in [1.165, 1.54) is 67.8 Å². The molecule has 0 radical (unpaired) electrons. The molecular weight excluding hydrogens is 531 g/mol. The van der Waals surface area contributed by atoms with Crippen molar-refractivity contribution in [3.8, 4) is 0 Å². The van der Waals surface area contributed by atoms with Gasteiger partial charge in [0.05, 0.1) is 46.6 Å². The Hall–Kier alpha value is -3.60. The number of esters is 2. The van der Waals surface area contributed by atoms with Gasteiger partial charge in [0.1, 0.15) is 6.54 Å². The molecule has 0 unspecified atom stereocenters. The van der Waals surface area contributed by atoms with Crippen molar-refractivity contribution in [1.29, 1.82) is 0 Å². The first kappa shape index (κ1) is 27.0. The predicted molar refractivity (Wildman–Crippen MR) is 135 cm³/mol. The Morgan fingerprint density at radius 1 is 0.889 bits per heavy atom. The number of hydrogen-bond acceptors (Lipinski definition) is 7. The minimum absolute atomic E-state index is 0.0281. The second-order valence-electron chi connectivity index (χ2n) is 7.21. The van der Waals surface area contributed by atoms with Crippen molar-refractivity contribution in [2.45, 2.75) is 4.90 Å². The third kappa shape index (κ3) is 5.96. The Labute approximate surface area is 217 Å². The van der Waals surface area contributed by atoms with Crippen molar-refractivity contribution in [3.63, 3.8) is 0 Å². The highest BCUT2D eigenvalue weighted by atomic mass is 35.5. The van der Waals surface area contributed by atoms with Crippen LogP contribution < -0.4 is 9.62 Å². The Morgan fingerprint density at radius 3 is 2.19 bits per heavy atom. The third-order valence-electron chi connectivity index (χ3n) is 4.92. The first-order chi connectivity index (χ1) is 17.1. The van der Waals surface area contributed by atoms with Gasteiger partial charge in [-0.15, -0.1) is 0 Å². The number of amides is 1. The van der Waals surface area contributed by atoms with Gasteiger partial charge in [0.15, 0.2) is 0 Å². The number of nitrogens with one attached hydrogen (secondary N) is 1. The normalized spacial score (nSPS) is 10.9. The van der Waals surface area contributed by atoms with Crippen LogP contribution in [0.4, 0.5) is 11.4 Å². The SMILES string of the molecule is COC(=O)c1ccc(C(=O)OC)c(NC(=O)CN(c2cc(Cl)ccc2Cl)S(=O)(=O)c2ccccc2)c1. The Bertz CT molecular complexity index is 1410. The first-order valence-corrected chi connectivity index (χ1v) is 12.4. The predicted octanol–water partition coefficient (Wildman–Crippen LogP) is 4.40. The molecule has 0 fully saturated rings. The number of carbonyl (C=O) groups excluding carboxylic acids is 3. The lowest BCUT2D eigenvalue weighted by atomic mass is 10.1. The molecule has 0 saturated carbocycles. The van der Waals surface area contributed by atoms with Crippen LogP contribution in [0.3, 0.4) is 0 Å². The van der Waals surface area contributed by atoms with Gasteiger partial charge >= 0.3 is 11.9 Å². The Balaban J connectivity index is 2.04. The van der Waals surface area contributed by atoms with Crippen LogP contribution in [0.5, 0.6) is 0 Å². The molecule has 12 heteroatoms. The summed E-state index contributed by atoms with van der Waals surface area (Å²) in [6.07, 6.45) is 0. The van der Waals surface area contributed by atoms with Gasteiger partial charge in [-0.3, -0.25) is 9.10 Å². The van der Waals surface area contributed by atoms with Crippen LogP contribution in [0.1, 0.15) is 20.7 Å². The molecule has 36 heavy (non-hydrogen) atoms. The van der Waals surface area contributed by atoms with E-state index in [4.69, 9.17) is 27.9 Å². The molecule has 0 saturated heterocycles. The monoisotopic (exact) mass is 550 g/mol. The van der Waals surface area contributed by atoms with Crippen molar-refractivity contribution in [2.24, 2.45) is 0 Å². The zero-order valence-corrected chi connectivity index (χ0v) is 21.4. The maximum atomic E-state index is 13.5. The summed E-state index contributed by atoms with van der Waals surface area (Å²) in [7, 11) is -1.95. The van der Waals surface area contributed by atoms with Crippen molar-refractivity contribution in [1.82, 2.24) is 0 Å². The fraction of sp³-hybridized carbons (Fsp3) is 0.125. The average molecular weight is 551 g/mol. The third-order valence-corrected chi connectivity index (χ3v) is 7.24. The van der Waals surface area contributed by atoms with E-state index in [1.54, 1.807) is 6.07 Å². The molecule has 3 aromatic carbocycles. The standard InChI is InChI=1S/C24H20Cl2N2O7S/c1-34-23(30)15-8-10-18(24(31)35-2)20(12-15)27-22(29)14-28(21-13-16(25)9-11-19(21)26)36(32,33)17-6-4-3-5-7-17/h3-13H,14H2,1-2H3,(H,27,29). The summed E-state index contributed by atoms with van der Waals surface area (Å²) in [6.45, 7) is -0.736. The minimum atomic E-state index is -4.27. The van der Waals surface area contributed by atoms with E-state index in [-0.39, 0.29) is 37.4 Å². The zero-order valence-electron chi connectivity index (χ0n) is 19.0. The van der Waals surface area contributed by atoms with Gasteiger partial charge in [-0.05, 0) is 48.5 Å². The highest BCUT2D eigenvalue weighted by Gasteiger charge is 2.29. The van der Waals surface area contributed by atoms with Crippen LogP contribution in [0.25, 0.3) is 0 Å². The Kier molecular flexibility index (Phi) is 8.57. The fourth-order valence-corrected chi connectivity index (χ4v) is 5.09. The summed E-state index contributed by atoms with van der Waals surface area (Å²) >= 11 is 12.4. The van der Waals surface area contributed by atoms with Crippen LogP contribution in [0.2, 0.25) is 10.0 Å². The van der Waals surface area contributed by atoms with E-state index in [9.17, 15) is 22.8 Å². The van der Waals surface area contributed by atoms with Crippen molar-refractivity contribution in [3.05, 3.63) is 87.9 Å². The van der Waals surface area contributed by atoms with Gasteiger partial charge in [-0.1, -0.05) is 41.4 Å². The van der Waals surface area contributed by atoms with E-state index >= 15 is 0 Å². The molecule has 0 aromatic heterocycles.